The van der Waals surface area contributed by atoms with Gasteiger partial charge in [-0.15, -0.1) is 0 Å². The van der Waals surface area contributed by atoms with Gasteiger partial charge in [0.25, 0.3) is 0 Å². The quantitative estimate of drug-likeness (QED) is 0.705. The summed E-state index contributed by atoms with van der Waals surface area (Å²) in [4.78, 5) is 26.9. The van der Waals surface area contributed by atoms with Crippen LogP contribution in [-0.4, -0.2) is 28.6 Å². The third kappa shape index (κ3) is 5.96. The molecule has 1 unspecified atom stereocenters. The maximum Gasteiger partial charge on any atom is 0.471 e. The Balaban J connectivity index is 2.05. The molecule has 8 nitrogen and oxygen atoms in total. The van der Waals surface area contributed by atoms with E-state index in [9.17, 15) is 22.8 Å². The Hall–Kier alpha value is -3.11. The van der Waals surface area contributed by atoms with E-state index in [1.807, 2.05) is 0 Å². The first kappa shape index (κ1) is 21.2. The highest BCUT2D eigenvalue weighted by Gasteiger charge is 2.38. The highest BCUT2D eigenvalue weighted by atomic mass is 19.4. The van der Waals surface area contributed by atoms with Crippen LogP contribution in [0.15, 0.2) is 28.8 Å². The van der Waals surface area contributed by atoms with Crippen LogP contribution < -0.4 is 15.4 Å². The zero-order chi connectivity index (χ0) is 20.7. The van der Waals surface area contributed by atoms with Crippen molar-refractivity contribution < 1.29 is 32.0 Å². The van der Waals surface area contributed by atoms with Crippen molar-refractivity contribution in [1.82, 2.24) is 20.8 Å². The summed E-state index contributed by atoms with van der Waals surface area (Å²) in [6, 6.07) is 6.24. The Bertz CT molecular complexity index is 823. The minimum absolute atomic E-state index is 0.159. The lowest BCUT2D eigenvalue weighted by atomic mass is 10.0. The van der Waals surface area contributed by atoms with Gasteiger partial charge in [-0.1, -0.05) is 23.4 Å². The maximum atomic E-state index is 12.4. The third-order valence-corrected chi connectivity index (χ3v) is 3.52. The number of benzene rings is 1. The van der Waals surface area contributed by atoms with E-state index in [4.69, 9.17) is 4.74 Å². The molecule has 0 fully saturated rings. The van der Waals surface area contributed by atoms with Crippen molar-refractivity contribution in [3.05, 3.63) is 41.5 Å². The van der Waals surface area contributed by atoms with Gasteiger partial charge in [0.05, 0.1) is 25.6 Å². The van der Waals surface area contributed by atoms with Crippen molar-refractivity contribution in [2.45, 2.75) is 39.0 Å². The summed E-state index contributed by atoms with van der Waals surface area (Å²) in [7, 11) is 0. The van der Waals surface area contributed by atoms with Crippen molar-refractivity contribution in [2.75, 3.05) is 6.61 Å². The predicted octanol–water partition coefficient (Wildman–Crippen LogP) is 2.37. The highest BCUT2D eigenvalue weighted by Crippen LogP contribution is 2.28. The van der Waals surface area contributed by atoms with E-state index >= 15 is 0 Å². The van der Waals surface area contributed by atoms with Gasteiger partial charge in [0.15, 0.2) is 5.82 Å². The first-order chi connectivity index (χ1) is 13.2. The molecular formula is C17H19F3N4O4. The molecule has 11 heteroatoms. The van der Waals surface area contributed by atoms with E-state index in [-0.39, 0.29) is 24.7 Å². The van der Waals surface area contributed by atoms with Gasteiger partial charge in [0.1, 0.15) is 5.75 Å². The van der Waals surface area contributed by atoms with Gasteiger partial charge in [-0.05, 0) is 13.0 Å². The first-order valence-electron chi connectivity index (χ1n) is 8.36. The number of nitrogens with one attached hydrogen (secondary N) is 2. The zero-order valence-corrected chi connectivity index (χ0v) is 15.2. The van der Waals surface area contributed by atoms with Gasteiger partial charge >= 0.3 is 12.1 Å². The predicted molar refractivity (Wildman–Crippen MR) is 89.9 cm³/mol. The fraction of sp³-hybridized carbons (Fsp3) is 0.412. The maximum absolute atomic E-state index is 12.4. The fourth-order valence-electron chi connectivity index (χ4n) is 2.42. The van der Waals surface area contributed by atoms with Crippen LogP contribution in [0, 0.1) is 0 Å². The molecule has 1 aromatic carbocycles. The molecule has 152 valence electrons. The minimum atomic E-state index is -4.76. The number of hydrogen-bond donors (Lipinski definition) is 2. The van der Waals surface area contributed by atoms with E-state index in [2.05, 4.69) is 25.3 Å². The number of hydrogen-bond acceptors (Lipinski definition) is 6. The largest absolute Gasteiger partial charge is 0.494 e. The van der Waals surface area contributed by atoms with Crippen molar-refractivity contribution >= 4 is 11.8 Å². The second-order valence-electron chi connectivity index (χ2n) is 5.72. The van der Waals surface area contributed by atoms with Crippen LogP contribution in [0.3, 0.4) is 0 Å². The number of rotatable bonds is 8. The normalized spacial score (nSPS) is 12.3. The molecule has 2 amide bonds. The molecule has 1 aromatic heterocycles. The van der Waals surface area contributed by atoms with Gasteiger partial charge in [0, 0.05) is 12.5 Å². The molecule has 0 aliphatic heterocycles. The van der Waals surface area contributed by atoms with Crippen LogP contribution in [0.2, 0.25) is 0 Å². The van der Waals surface area contributed by atoms with Crippen molar-refractivity contribution in [2.24, 2.45) is 0 Å². The summed E-state index contributed by atoms with van der Waals surface area (Å²) in [5.74, 6) is -2.16. The van der Waals surface area contributed by atoms with Gasteiger partial charge in [0.2, 0.25) is 11.8 Å². The van der Waals surface area contributed by atoms with E-state index in [0.29, 0.717) is 17.9 Å². The van der Waals surface area contributed by atoms with Crippen molar-refractivity contribution in [3.63, 3.8) is 0 Å². The molecule has 2 rings (SSSR count). The Morgan fingerprint density at radius 2 is 2.00 bits per heavy atom. The van der Waals surface area contributed by atoms with Crippen LogP contribution >= 0.6 is 0 Å². The Morgan fingerprint density at radius 1 is 1.29 bits per heavy atom. The van der Waals surface area contributed by atoms with Gasteiger partial charge in [-0.25, -0.2) is 0 Å². The number of nitrogens with zero attached hydrogens (tertiary/aromatic N) is 2. The molecule has 0 radical (unpaired) electrons. The molecule has 0 bridgehead atoms. The lowest BCUT2D eigenvalue weighted by Crippen LogP contribution is -2.32. The highest BCUT2D eigenvalue weighted by molar-refractivity contribution is 5.79. The first-order valence-corrected chi connectivity index (χ1v) is 8.36. The summed E-state index contributed by atoms with van der Waals surface area (Å²) < 4.78 is 47.0. The average molecular weight is 400 g/mol. The SMILES string of the molecule is CCOc1ccccc1C(CC(=O)NCc1noc(C(F)(F)F)n1)NC(C)=O. The van der Waals surface area contributed by atoms with Gasteiger partial charge in [-0.2, -0.15) is 18.2 Å². The van der Waals surface area contributed by atoms with Crippen LogP contribution in [-0.2, 0) is 22.3 Å². The van der Waals surface area contributed by atoms with E-state index in [1.54, 1.807) is 31.2 Å². The number of ether oxygens (including phenoxy) is 1. The Morgan fingerprint density at radius 3 is 2.61 bits per heavy atom. The number of aromatic nitrogens is 2. The number of halogens is 3. The smallest absolute Gasteiger partial charge is 0.471 e. The lowest BCUT2D eigenvalue weighted by Gasteiger charge is -2.20. The Kier molecular flexibility index (Phi) is 6.96. The number of amides is 2. The van der Waals surface area contributed by atoms with Crippen LogP contribution in [0.25, 0.3) is 0 Å². The summed E-state index contributed by atoms with van der Waals surface area (Å²) in [5, 5.41) is 8.24. The molecule has 2 N–H and O–H groups in total. The summed E-state index contributed by atoms with van der Waals surface area (Å²) in [6.07, 6.45) is -4.91. The number of para-hydroxylation sites is 1. The topological polar surface area (TPSA) is 106 Å². The molecular weight excluding hydrogens is 381 g/mol. The van der Waals surface area contributed by atoms with Crippen LogP contribution in [0.1, 0.15) is 43.6 Å². The van der Waals surface area contributed by atoms with Crippen LogP contribution in [0.4, 0.5) is 13.2 Å². The molecule has 0 saturated heterocycles. The van der Waals surface area contributed by atoms with Crippen molar-refractivity contribution in [1.29, 1.82) is 0 Å². The third-order valence-electron chi connectivity index (χ3n) is 3.52. The molecule has 0 aliphatic carbocycles. The Labute approximate surface area is 158 Å². The number of carbonyl (C=O) groups excluding carboxylic acids is 2. The molecule has 1 heterocycles. The molecule has 2 aromatic rings. The molecule has 0 saturated carbocycles. The van der Waals surface area contributed by atoms with E-state index in [0.717, 1.165) is 0 Å². The van der Waals surface area contributed by atoms with Crippen LogP contribution in [0.5, 0.6) is 5.75 Å². The summed E-state index contributed by atoms with van der Waals surface area (Å²) in [6.45, 7) is 3.16. The monoisotopic (exact) mass is 400 g/mol. The second kappa shape index (κ2) is 9.20. The molecule has 0 spiro atoms. The summed E-state index contributed by atoms with van der Waals surface area (Å²) in [5.41, 5.74) is 0.605. The second-order valence-corrected chi connectivity index (χ2v) is 5.72. The standard InChI is InChI=1S/C17H19F3N4O4/c1-3-27-13-7-5-4-6-11(13)12(22-10(2)25)8-15(26)21-9-14-23-16(28-24-14)17(18,19)20/h4-7,12H,3,8-9H2,1-2H3,(H,21,26)(H,22,25). The van der Waals surface area contributed by atoms with Crippen molar-refractivity contribution in [3.8, 4) is 5.75 Å². The fourth-order valence-corrected chi connectivity index (χ4v) is 2.42. The number of alkyl halides is 3. The zero-order valence-electron chi connectivity index (χ0n) is 15.2. The number of carbonyl (C=O) groups is 2. The lowest BCUT2D eigenvalue weighted by molar-refractivity contribution is -0.159. The van der Waals surface area contributed by atoms with E-state index < -0.39 is 24.0 Å². The van der Waals surface area contributed by atoms with Gasteiger partial charge in [-0.3, -0.25) is 9.59 Å². The van der Waals surface area contributed by atoms with E-state index in [1.165, 1.54) is 6.92 Å². The molecule has 28 heavy (non-hydrogen) atoms. The average Bonchev–Trinajstić information content (AvgIpc) is 3.09. The van der Waals surface area contributed by atoms with Gasteiger partial charge < -0.3 is 19.9 Å². The molecule has 0 aliphatic rings. The molecule has 1 atom stereocenters. The minimum Gasteiger partial charge on any atom is -0.494 e. The summed E-state index contributed by atoms with van der Waals surface area (Å²) >= 11 is 0.